The van der Waals surface area contributed by atoms with E-state index in [1.807, 2.05) is 48.3 Å². The minimum absolute atomic E-state index is 0.717. The molecule has 0 atom stereocenters. The highest BCUT2D eigenvalue weighted by atomic mass is 35.5. The van der Waals surface area contributed by atoms with Crippen molar-refractivity contribution >= 4 is 17.6 Å². The summed E-state index contributed by atoms with van der Waals surface area (Å²) >= 11 is 5.87. The van der Waals surface area contributed by atoms with E-state index in [2.05, 4.69) is 20.7 Å². The summed E-state index contributed by atoms with van der Waals surface area (Å²) in [6, 6.07) is 7.78. The monoisotopic (exact) mass is 319 g/mol. The Balaban J connectivity index is 1.67. The summed E-state index contributed by atoms with van der Waals surface area (Å²) in [6.45, 7) is 4.51. The molecule has 1 aromatic heterocycles. The molecule has 0 saturated carbocycles. The van der Waals surface area contributed by atoms with Crippen LogP contribution in [0, 0.1) is 6.92 Å². The molecule has 22 heavy (non-hydrogen) atoms. The number of aryl methyl sites for hydroxylation is 2. The smallest absolute Gasteiger partial charge is 0.191 e. The van der Waals surface area contributed by atoms with Crippen LogP contribution < -0.4 is 10.6 Å². The van der Waals surface area contributed by atoms with Gasteiger partial charge in [0.05, 0.1) is 6.20 Å². The van der Waals surface area contributed by atoms with Crippen LogP contribution in [0.1, 0.15) is 17.5 Å². The molecule has 2 aromatic rings. The summed E-state index contributed by atoms with van der Waals surface area (Å²) in [6.07, 6.45) is 4.91. The van der Waals surface area contributed by atoms with Gasteiger partial charge in [-0.1, -0.05) is 23.7 Å². The lowest BCUT2D eigenvalue weighted by atomic mass is 10.2. The highest BCUT2D eigenvalue weighted by molar-refractivity contribution is 6.30. The van der Waals surface area contributed by atoms with Crippen LogP contribution in [0.5, 0.6) is 0 Å². The van der Waals surface area contributed by atoms with Crippen molar-refractivity contribution in [3.8, 4) is 0 Å². The molecule has 0 amide bonds. The molecule has 0 saturated heterocycles. The van der Waals surface area contributed by atoms with Gasteiger partial charge in [-0.3, -0.25) is 9.67 Å². The maximum absolute atomic E-state index is 5.87. The van der Waals surface area contributed by atoms with Gasteiger partial charge < -0.3 is 10.6 Å². The first kappa shape index (κ1) is 16.4. The van der Waals surface area contributed by atoms with E-state index in [1.54, 1.807) is 7.05 Å². The lowest BCUT2D eigenvalue weighted by molar-refractivity contribution is 0.570. The summed E-state index contributed by atoms with van der Waals surface area (Å²) in [5.41, 5.74) is 2.35. The summed E-state index contributed by atoms with van der Waals surface area (Å²) in [5, 5.41) is 11.6. The van der Waals surface area contributed by atoms with Gasteiger partial charge in [0.1, 0.15) is 0 Å². The van der Waals surface area contributed by atoms with Gasteiger partial charge >= 0.3 is 0 Å². The Morgan fingerprint density at radius 3 is 2.68 bits per heavy atom. The van der Waals surface area contributed by atoms with Crippen molar-refractivity contribution in [2.75, 3.05) is 13.6 Å². The van der Waals surface area contributed by atoms with E-state index in [9.17, 15) is 0 Å². The van der Waals surface area contributed by atoms with E-state index >= 15 is 0 Å². The number of nitrogens with one attached hydrogen (secondary N) is 2. The molecular weight excluding hydrogens is 298 g/mol. The number of hydrogen-bond acceptors (Lipinski definition) is 2. The molecule has 1 aromatic carbocycles. The van der Waals surface area contributed by atoms with E-state index in [4.69, 9.17) is 11.6 Å². The van der Waals surface area contributed by atoms with Crippen molar-refractivity contribution in [3.05, 3.63) is 52.8 Å². The maximum atomic E-state index is 5.87. The second kappa shape index (κ2) is 8.44. The fourth-order valence-electron chi connectivity index (χ4n) is 2.05. The number of aliphatic imine (C=N–C) groups is 1. The molecule has 0 radical (unpaired) electrons. The summed E-state index contributed by atoms with van der Waals surface area (Å²) in [5.74, 6) is 0.798. The topological polar surface area (TPSA) is 54.2 Å². The molecule has 0 fully saturated rings. The third kappa shape index (κ3) is 5.41. The minimum Gasteiger partial charge on any atom is -0.356 e. The average molecular weight is 320 g/mol. The Morgan fingerprint density at radius 2 is 2.05 bits per heavy atom. The molecule has 5 nitrogen and oxygen atoms in total. The zero-order valence-corrected chi connectivity index (χ0v) is 13.8. The van der Waals surface area contributed by atoms with E-state index in [1.165, 1.54) is 11.1 Å². The molecule has 0 bridgehead atoms. The number of halogens is 1. The number of nitrogens with zero attached hydrogens (tertiary/aromatic N) is 3. The third-order valence-electron chi connectivity index (χ3n) is 3.22. The number of aromatic nitrogens is 2. The fourth-order valence-corrected chi connectivity index (χ4v) is 2.17. The maximum Gasteiger partial charge on any atom is 0.191 e. The SMILES string of the molecule is CN=C(NCCCn1cc(C)cn1)NCc1ccc(Cl)cc1. The van der Waals surface area contributed by atoms with Crippen LogP contribution in [0.15, 0.2) is 41.7 Å². The molecule has 0 aliphatic rings. The molecule has 0 aliphatic carbocycles. The summed E-state index contributed by atoms with van der Waals surface area (Å²) in [7, 11) is 1.77. The number of rotatable bonds is 6. The quantitative estimate of drug-likeness (QED) is 0.489. The highest BCUT2D eigenvalue weighted by Crippen LogP contribution is 2.08. The van der Waals surface area contributed by atoms with Crippen molar-refractivity contribution in [2.24, 2.45) is 4.99 Å². The number of guanidine groups is 1. The van der Waals surface area contributed by atoms with Crippen molar-refractivity contribution in [2.45, 2.75) is 26.4 Å². The van der Waals surface area contributed by atoms with Crippen molar-refractivity contribution in [1.82, 2.24) is 20.4 Å². The van der Waals surface area contributed by atoms with Crippen molar-refractivity contribution in [1.29, 1.82) is 0 Å². The molecule has 1 heterocycles. The minimum atomic E-state index is 0.717. The van der Waals surface area contributed by atoms with E-state index < -0.39 is 0 Å². The van der Waals surface area contributed by atoms with Crippen LogP contribution in [-0.2, 0) is 13.1 Å². The summed E-state index contributed by atoms with van der Waals surface area (Å²) in [4.78, 5) is 4.22. The molecule has 2 rings (SSSR count). The normalized spacial score (nSPS) is 11.5. The highest BCUT2D eigenvalue weighted by Gasteiger charge is 1.99. The first-order valence-electron chi connectivity index (χ1n) is 7.35. The molecule has 0 aliphatic heterocycles. The van der Waals surface area contributed by atoms with Gasteiger partial charge in [-0.25, -0.2) is 0 Å². The van der Waals surface area contributed by atoms with Gasteiger partial charge in [-0.2, -0.15) is 5.10 Å². The zero-order valence-electron chi connectivity index (χ0n) is 13.0. The second-order valence-electron chi connectivity index (χ2n) is 5.11. The molecule has 2 N–H and O–H groups in total. The van der Waals surface area contributed by atoms with Crippen LogP contribution in [0.3, 0.4) is 0 Å². The van der Waals surface area contributed by atoms with Crippen LogP contribution in [0.4, 0.5) is 0 Å². The van der Waals surface area contributed by atoms with Crippen LogP contribution in [0.25, 0.3) is 0 Å². The predicted octanol–water partition coefficient (Wildman–Crippen LogP) is 2.60. The Labute approximate surface area is 136 Å². The first-order chi connectivity index (χ1) is 10.7. The van der Waals surface area contributed by atoms with E-state index in [0.29, 0.717) is 0 Å². The van der Waals surface area contributed by atoms with Crippen molar-refractivity contribution < 1.29 is 0 Å². The van der Waals surface area contributed by atoms with Gasteiger partial charge in [-0.15, -0.1) is 0 Å². The standard InChI is InChI=1S/C16H22ClN5/c1-13-10-21-22(12-13)9-3-8-19-16(18-2)20-11-14-4-6-15(17)7-5-14/h4-7,10,12H,3,8-9,11H2,1-2H3,(H2,18,19,20). The molecular formula is C16H22ClN5. The zero-order chi connectivity index (χ0) is 15.8. The van der Waals surface area contributed by atoms with E-state index in [-0.39, 0.29) is 0 Å². The number of benzene rings is 1. The third-order valence-corrected chi connectivity index (χ3v) is 3.47. The molecule has 0 unspecified atom stereocenters. The Hall–Kier alpha value is -2.01. The lowest BCUT2D eigenvalue weighted by Gasteiger charge is -2.12. The first-order valence-corrected chi connectivity index (χ1v) is 7.73. The van der Waals surface area contributed by atoms with Crippen LogP contribution in [0.2, 0.25) is 5.02 Å². The largest absolute Gasteiger partial charge is 0.356 e. The van der Waals surface area contributed by atoms with Gasteiger partial charge in [0.25, 0.3) is 0 Å². The van der Waals surface area contributed by atoms with Gasteiger partial charge in [0, 0.05) is 37.9 Å². The fraction of sp³-hybridized carbons (Fsp3) is 0.375. The summed E-state index contributed by atoms with van der Waals surface area (Å²) < 4.78 is 1.96. The number of hydrogen-bond donors (Lipinski definition) is 2. The second-order valence-corrected chi connectivity index (χ2v) is 5.55. The van der Waals surface area contributed by atoms with Gasteiger partial charge in [-0.05, 0) is 36.6 Å². The van der Waals surface area contributed by atoms with Crippen LogP contribution in [-0.4, -0.2) is 29.3 Å². The van der Waals surface area contributed by atoms with Crippen molar-refractivity contribution in [3.63, 3.8) is 0 Å². The molecule has 6 heteroatoms. The van der Waals surface area contributed by atoms with Gasteiger partial charge in [0.15, 0.2) is 5.96 Å². The Kier molecular flexibility index (Phi) is 6.27. The lowest BCUT2D eigenvalue weighted by Crippen LogP contribution is -2.37. The molecule has 118 valence electrons. The predicted molar refractivity (Wildman–Crippen MR) is 91.2 cm³/mol. The van der Waals surface area contributed by atoms with Crippen LogP contribution >= 0.6 is 11.6 Å². The van der Waals surface area contributed by atoms with Gasteiger partial charge in [0.2, 0.25) is 0 Å². The average Bonchev–Trinajstić information content (AvgIpc) is 2.94. The Morgan fingerprint density at radius 1 is 1.27 bits per heavy atom. The Bertz CT molecular complexity index is 603. The molecule has 0 spiro atoms. The van der Waals surface area contributed by atoms with E-state index in [0.717, 1.165) is 37.0 Å².